The lowest BCUT2D eigenvalue weighted by Crippen LogP contribution is -2.35. The zero-order chi connectivity index (χ0) is 17.8. The lowest BCUT2D eigenvalue weighted by Gasteiger charge is -2.31. The molecule has 1 aliphatic heterocycles. The molecule has 3 N–H and O–H groups in total. The third kappa shape index (κ3) is 4.14. The van der Waals surface area contributed by atoms with Gasteiger partial charge in [-0.15, -0.1) is 0 Å². The number of carbonyl (C=O) groups excluding carboxylic acids is 2. The van der Waals surface area contributed by atoms with Crippen molar-refractivity contribution in [2.24, 2.45) is 11.7 Å². The van der Waals surface area contributed by atoms with Gasteiger partial charge in [-0.1, -0.05) is 6.92 Å². The highest BCUT2D eigenvalue weighted by atomic mass is 16.3. The fourth-order valence-corrected chi connectivity index (χ4v) is 2.89. The van der Waals surface area contributed by atoms with E-state index in [1.807, 2.05) is 0 Å². The molecule has 0 bridgehead atoms. The van der Waals surface area contributed by atoms with E-state index in [2.05, 4.69) is 27.1 Å². The molecular weight excluding hydrogens is 322 g/mol. The molecule has 1 fully saturated rings. The van der Waals surface area contributed by atoms with Crippen LogP contribution >= 0.6 is 0 Å². The highest BCUT2D eigenvalue weighted by molar-refractivity contribution is 5.94. The standard InChI is InChI=1S/C17H21N5O3/c1-11-3-2-6-22(9-11)14-7-12(4-5-19-14)17(24)20-8-15-21-13(10-25-15)16(18)23/h4-5,7,10-11H,2-3,6,8-9H2,1H3,(H2,18,23)(H,20,24). The van der Waals surface area contributed by atoms with Gasteiger partial charge in [0.2, 0.25) is 5.89 Å². The molecule has 2 aromatic rings. The molecule has 3 heterocycles. The van der Waals surface area contributed by atoms with Crippen molar-refractivity contribution in [3.63, 3.8) is 0 Å². The third-order valence-electron chi connectivity index (χ3n) is 4.19. The Morgan fingerprint density at radius 2 is 2.32 bits per heavy atom. The summed E-state index contributed by atoms with van der Waals surface area (Å²) in [6.45, 7) is 4.20. The van der Waals surface area contributed by atoms with Crippen LogP contribution in [0.1, 0.15) is 46.5 Å². The highest BCUT2D eigenvalue weighted by Gasteiger charge is 2.18. The SMILES string of the molecule is CC1CCCN(c2cc(C(=O)NCc3nc(C(N)=O)co3)ccn2)C1. The van der Waals surface area contributed by atoms with Crippen molar-refractivity contribution in [3.05, 3.63) is 41.7 Å². The van der Waals surface area contributed by atoms with Gasteiger partial charge >= 0.3 is 0 Å². The molecule has 0 spiro atoms. The van der Waals surface area contributed by atoms with Gasteiger partial charge in [0.05, 0.1) is 6.54 Å². The molecule has 2 aromatic heterocycles. The van der Waals surface area contributed by atoms with Gasteiger partial charge in [-0.3, -0.25) is 9.59 Å². The number of carbonyl (C=O) groups is 2. The number of piperidine rings is 1. The van der Waals surface area contributed by atoms with Crippen LogP contribution in [0.2, 0.25) is 0 Å². The minimum absolute atomic E-state index is 0.0367. The average Bonchev–Trinajstić information content (AvgIpc) is 3.09. The topological polar surface area (TPSA) is 114 Å². The van der Waals surface area contributed by atoms with Gasteiger partial charge in [0.15, 0.2) is 5.69 Å². The summed E-state index contributed by atoms with van der Waals surface area (Å²) in [5.41, 5.74) is 5.67. The van der Waals surface area contributed by atoms with Gasteiger partial charge < -0.3 is 20.4 Å². The number of primary amides is 1. The first-order chi connectivity index (χ1) is 12.0. The van der Waals surface area contributed by atoms with E-state index in [4.69, 9.17) is 10.2 Å². The molecule has 25 heavy (non-hydrogen) atoms. The van der Waals surface area contributed by atoms with Crippen molar-refractivity contribution in [2.45, 2.75) is 26.3 Å². The smallest absolute Gasteiger partial charge is 0.270 e. The summed E-state index contributed by atoms with van der Waals surface area (Å²) in [6, 6.07) is 3.45. The summed E-state index contributed by atoms with van der Waals surface area (Å²) in [4.78, 5) is 33.8. The second kappa shape index (κ2) is 7.33. The van der Waals surface area contributed by atoms with Crippen LogP contribution in [0.4, 0.5) is 5.82 Å². The predicted octanol–water partition coefficient (Wildman–Crippen LogP) is 1.33. The van der Waals surface area contributed by atoms with E-state index in [1.54, 1.807) is 18.3 Å². The molecule has 2 amide bonds. The Bertz CT molecular complexity index is 773. The second-order valence-electron chi connectivity index (χ2n) is 6.27. The van der Waals surface area contributed by atoms with Gasteiger partial charge in [0.25, 0.3) is 11.8 Å². The number of hydrogen-bond donors (Lipinski definition) is 2. The van der Waals surface area contributed by atoms with Crippen molar-refractivity contribution < 1.29 is 14.0 Å². The summed E-state index contributed by atoms with van der Waals surface area (Å²) in [5, 5.41) is 2.71. The normalized spacial score (nSPS) is 17.3. The van der Waals surface area contributed by atoms with E-state index < -0.39 is 5.91 Å². The van der Waals surface area contributed by atoms with Crippen LogP contribution in [-0.4, -0.2) is 34.9 Å². The fourth-order valence-electron chi connectivity index (χ4n) is 2.89. The number of pyridine rings is 1. The molecule has 1 saturated heterocycles. The van der Waals surface area contributed by atoms with Crippen LogP contribution in [0.15, 0.2) is 29.0 Å². The van der Waals surface area contributed by atoms with E-state index in [9.17, 15) is 9.59 Å². The first kappa shape index (κ1) is 16.9. The summed E-state index contributed by atoms with van der Waals surface area (Å²) in [5.74, 6) is 0.730. The van der Waals surface area contributed by atoms with Crippen molar-refractivity contribution in [1.82, 2.24) is 15.3 Å². The predicted molar refractivity (Wildman–Crippen MR) is 91.0 cm³/mol. The van der Waals surface area contributed by atoms with Gasteiger partial charge in [0.1, 0.15) is 12.1 Å². The Kier molecular flexibility index (Phi) is 4.97. The van der Waals surface area contributed by atoms with Gasteiger partial charge in [-0.05, 0) is 30.9 Å². The van der Waals surface area contributed by atoms with Crippen molar-refractivity contribution in [3.8, 4) is 0 Å². The Morgan fingerprint density at radius 3 is 3.04 bits per heavy atom. The molecule has 8 nitrogen and oxygen atoms in total. The molecule has 0 radical (unpaired) electrons. The molecule has 1 atom stereocenters. The Labute approximate surface area is 145 Å². The maximum atomic E-state index is 12.3. The Hall–Kier alpha value is -2.90. The maximum Gasteiger partial charge on any atom is 0.270 e. The van der Waals surface area contributed by atoms with Crippen molar-refractivity contribution >= 4 is 17.6 Å². The molecule has 1 unspecified atom stereocenters. The average molecular weight is 343 g/mol. The van der Waals surface area contributed by atoms with E-state index in [1.165, 1.54) is 12.7 Å². The number of oxazole rings is 1. The molecule has 0 saturated carbocycles. The molecule has 8 heteroatoms. The quantitative estimate of drug-likeness (QED) is 0.846. The number of amides is 2. The number of nitrogens with zero attached hydrogens (tertiary/aromatic N) is 3. The molecule has 3 rings (SSSR count). The van der Waals surface area contributed by atoms with Crippen LogP contribution in [-0.2, 0) is 6.54 Å². The van der Waals surface area contributed by atoms with Crippen LogP contribution in [0.5, 0.6) is 0 Å². The first-order valence-electron chi connectivity index (χ1n) is 8.26. The van der Waals surface area contributed by atoms with Crippen LogP contribution in [0, 0.1) is 5.92 Å². The number of aromatic nitrogens is 2. The summed E-state index contributed by atoms with van der Waals surface area (Å²) >= 11 is 0. The zero-order valence-electron chi connectivity index (χ0n) is 14.1. The Balaban J connectivity index is 1.63. The lowest BCUT2D eigenvalue weighted by molar-refractivity contribution is 0.0946. The molecule has 132 valence electrons. The zero-order valence-corrected chi connectivity index (χ0v) is 14.1. The molecule has 1 aliphatic rings. The van der Waals surface area contributed by atoms with E-state index >= 15 is 0 Å². The third-order valence-corrected chi connectivity index (χ3v) is 4.19. The van der Waals surface area contributed by atoms with E-state index in [-0.39, 0.29) is 24.0 Å². The van der Waals surface area contributed by atoms with E-state index in [0.717, 1.165) is 25.3 Å². The highest BCUT2D eigenvalue weighted by Crippen LogP contribution is 2.21. The van der Waals surface area contributed by atoms with Gasteiger partial charge in [-0.2, -0.15) is 0 Å². The van der Waals surface area contributed by atoms with Gasteiger partial charge in [0, 0.05) is 24.8 Å². The van der Waals surface area contributed by atoms with E-state index in [0.29, 0.717) is 11.5 Å². The number of rotatable bonds is 5. The van der Waals surface area contributed by atoms with Crippen LogP contribution < -0.4 is 16.0 Å². The van der Waals surface area contributed by atoms with Crippen LogP contribution in [0.25, 0.3) is 0 Å². The van der Waals surface area contributed by atoms with Crippen molar-refractivity contribution in [2.75, 3.05) is 18.0 Å². The number of nitrogens with one attached hydrogen (secondary N) is 1. The number of anilines is 1. The molecular formula is C17H21N5O3. The summed E-state index contributed by atoms with van der Waals surface area (Å²) < 4.78 is 5.10. The van der Waals surface area contributed by atoms with Crippen LogP contribution in [0.3, 0.4) is 0 Å². The summed E-state index contributed by atoms with van der Waals surface area (Å²) in [6.07, 6.45) is 5.16. The van der Waals surface area contributed by atoms with Gasteiger partial charge in [-0.25, -0.2) is 9.97 Å². The first-order valence-corrected chi connectivity index (χ1v) is 8.26. The summed E-state index contributed by atoms with van der Waals surface area (Å²) in [7, 11) is 0. The maximum absolute atomic E-state index is 12.3. The fraction of sp³-hybridized carbons (Fsp3) is 0.412. The minimum atomic E-state index is -0.670. The largest absolute Gasteiger partial charge is 0.446 e. The number of hydrogen-bond acceptors (Lipinski definition) is 6. The Morgan fingerprint density at radius 1 is 1.48 bits per heavy atom. The molecule has 0 aromatic carbocycles. The van der Waals surface area contributed by atoms with Crippen molar-refractivity contribution in [1.29, 1.82) is 0 Å². The monoisotopic (exact) mass is 343 g/mol. The molecule has 0 aliphatic carbocycles. The second-order valence-corrected chi connectivity index (χ2v) is 6.27. The lowest BCUT2D eigenvalue weighted by atomic mass is 10.0. The minimum Gasteiger partial charge on any atom is -0.446 e. The number of nitrogens with two attached hydrogens (primary N) is 1.